The fraction of sp³-hybridized carbons (Fsp3) is 0.417. The third kappa shape index (κ3) is 2.55. The molecule has 1 saturated carbocycles. The Hall–Kier alpha value is -1.62. The maximum Gasteiger partial charge on any atom is 0.257 e. The van der Waals surface area contributed by atoms with Crippen LogP contribution in [0.5, 0.6) is 0 Å². The summed E-state index contributed by atoms with van der Waals surface area (Å²) in [5.41, 5.74) is 5.73. The van der Waals surface area contributed by atoms with Crippen LogP contribution in [-0.4, -0.2) is 35.1 Å². The van der Waals surface area contributed by atoms with Gasteiger partial charge in [-0.1, -0.05) is 0 Å². The molecule has 3 N–H and O–H groups in total. The molecule has 0 heterocycles. The second-order valence-electron chi connectivity index (χ2n) is 4.19. The highest BCUT2D eigenvalue weighted by atomic mass is 19.1. The van der Waals surface area contributed by atoms with E-state index in [-0.39, 0.29) is 30.7 Å². The summed E-state index contributed by atoms with van der Waals surface area (Å²) in [6.45, 7) is 0.131. The molecule has 0 radical (unpaired) electrons. The molecule has 92 valence electrons. The lowest BCUT2D eigenvalue weighted by Gasteiger charge is -2.21. The maximum atomic E-state index is 13.6. The topological polar surface area (TPSA) is 66.6 Å². The van der Waals surface area contributed by atoms with E-state index in [2.05, 4.69) is 0 Å². The van der Waals surface area contributed by atoms with Crippen molar-refractivity contribution >= 4 is 11.6 Å². The first-order chi connectivity index (χ1) is 8.13. The summed E-state index contributed by atoms with van der Waals surface area (Å²) in [4.78, 5) is 13.6. The molecule has 17 heavy (non-hydrogen) atoms. The highest BCUT2D eigenvalue weighted by Crippen LogP contribution is 2.28. The summed E-state index contributed by atoms with van der Waals surface area (Å²) in [6, 6.07) is 4.17. The van der Waals surface area contributed by atoms with Gasteiger partial charge >= 0.3 is 0 Å². The number of carbonyl (C=O) groups excluding carboxylic acids is 1. The molecule has 0 unspecified atom stereocenters. The fourth-order valence-electron chi connectivity index (χ4n) is 1.80. The zero-order chi connectivity index (χ0) is 12.4. The normalized spacial score (nSPS) is 14.7. The summed E-state index contributed by atoms with van der Waals surface area (Å²) < 4.78 is 13.6. The van der Waals surface area contributed by atoms with E-state index in [1.807, 2.05) is 0 Å². The van der Waals surface area contributed by atoms with Crippen molar-refractivity contribution in [2.75, 3.05) is 18.9 Å². The lowest BCUT2D eigenvalue weighted by Crippen LogP contribution is -2.36. The van der Waals surface area contributed by atoms with Crippen molar-refractivity contribution in [1.29, 1.82) is 0 Å². The van der Waals surface area contributed by atoms with Crippen molar-refractivity contribution in [1.82, 2.24) is 4.90 Å². The number of benzene rings is 1. The third-order valence-corrected chi connectivity index (χ3v) is 2.81. The molecule has 1 amide bonds. The van der Waals surface area contributed by atoms with Crippen LogP contribution in [0.15, 0.2) is 18.2 Å². The molecule has 0 spiro atoms. The van der Waals surface area contributed by atoms with Gasteiger partial charge in [-0.15, -0.1) is 0 Å². The number of aliphatic hydroxyl groups is 1. The van der Waals surface area contributed by atoms with Crippen LogP contribution in [0.3, 0.4) is 0 Å². The van der Waals surface area contributed by atoms with E-state index in [1.165, 1.54) is 17.0 Å². The van der Waals surface area contributed by atoms with Gasteiger partial charge in [0.2, 0.25) is 0 Å². The van der Waals surface area contributed by atoms with Gasteiger partial charge < -0.3 is 15.7 Å². The lowest BCUT2D eigenvalue weighted by molar-refractivity contribution is 0.0703. The SMILES string of the molecule is Nc1ccc(C(=O)N(CCO)C2CC2)c(F)c1. The van der Waals surface area contributed by atoms with Crippen LogP contribution in [0.4, 0.5) is 10.1 Å². The van der Waals surface area contributed by atoms with E-state index >= 15 is 0 Å². The second kappa shape index (κ2) is 4.71. The molecule has 0 bridgehead atoms. The van der Waals surface area contributed by atoms with E-state index in [4.69, 9.17) is 10.8 Å². The number of amides is 1. The molecular weight excluding hydrogens is 223 g/mol. The predicted octanol–water partition coefficient (Wildman–Crippen LogP) is 1.00. The van der Waals surface area contributed by atoms with Crippen LogP contribution in [-0.2, 0) is 0 Å². The minimum Gasteiger partial charge on any atom is -0.399 e. The number of nitrogen functional groups attached to an aromatic ring is 1. The minimum absolute atomic E-state index is 0.0135. The van der Waals surface area contributed by atoms with Gasteiger partial charge in [0.1, 0.15) is 5.82 Å². The molecule has 2 rings (SSSR count). The number of nitrogens with two attached hydrogens (primary N) is 1. The standard InChI is InChI=1S/C12H15FN2O2/c13-11-7-8(14)1-4-10(11)12(17)15(5-6-16)9-2-3-9/h1,4,7,9,16H,2-3,5-6,14H2. The van der Waals surface area contributed by atoms with Gasteiger partial charge in [-0.3, -0.25) is 4.79 Å². The molecule has 1 aromatic carbocycles. The zero-order valence-electron chi connectivity index (χ0n) is 9.40. The number of hydrogen-bond acceptors (Lipinski definition) is 3. The lowest BCUT2D eigenvalue weighted by atomic mass is 10.1. The molecule has 5 heteroatoms. The molecule has 0 saturated heterocycles. The van der Waals surface area contributed by atoms with Crippen LogP contribution in [0, 0.1) is 5.82 Å². The Morgan fingerprint density at radius 2 is 2.24 bits per heavy atom. The molecule has 0 aliphatic heterocycles. The molecule has 0 atom stereocenters. The van der Waals surface area contributed by atoms with E-state index in [9.17, 15) is 9.18 Å². The second-order valence-corrected chi connectivity index (χ2v) is 4.19. The Bertz CT molecular complexity index is 433. The van der Waals surface area contributed by atoms with Crippen molar-refractivity contribution in [3.63, 3.8) is 0 Å². The average molecular weight is 238 g/mol. The largest absolute Gasteiger partial charge is 0.399 e. The van der Waals surface area contributed by atoms with Crippen molar-refractivity contribution in [2.45, 2.75) is 18.9 Å². The smallest absolute Gasteiger partial charge is 0.257 e. The summed E-state index contributed by atoms with van der Waals surface area (Å²) in [5.74, 6) is -0.988. The van der Waals surface area contributed by atoms with E-state index in [1.54, 1.807) is 0 Å². The summed E-state index contributed by atoms with van der Waals surface area (Å²) in [5, 5.41) is 8.91. The van der Waals surface area contributed by atoms with E-state index < -0.39 is 5.82 Å². The maximum absolute atomic E-state index is 13.6. The number of nitrogens with zero attached hydrogens (tertiary/aromatic N) is 1. The van der Waals surface area contributed by atoms with Gasteiger partial charge in [-0.2, -0.15) is 0 Å². The van der Waals surface area contributed by atoms with Crippen molar-refractivity contribution in [2.24, 2.45) is 0 Å². The predicted molar refractivity (Wildman–Crippen MR) is 62.0 cm³/mol. The van der Waals surface area contributed by atoms with E-state index in [0.717, 1.165) is 18.9 Å². The first-order valence-corrected chi connectivity index (χ1v) is 5.60. The van der Waals surface area contributed by atoms with Crippen LogP contribution < -0.4 is 5.73 Å². The molecular formula is C12H15FN2O2. The van der Waals surface area contributed by atoms with Crippen LogP contribution in [0.1, 0.15) is 23.2 Å². The number of hydrogen-bond donors (Lipinski definition) is 2. The highest BCUT2D eigenvalue weighted by molar-refractivity contribution is 5.95. The van der Waals surface area contributed by atoms with Crippen LogP contribution >= 0.6 is 0 Å². The Morgan fingerprint density at radius 1 is 1.53 bits per heavy atom. The number of anilines is 1. The zero-order valence-corrected chi connectivity index (χ0v) is 9.40. The van der Waals surface area contributed by atoms with Crippen molar-refractivity contribution < 1.29 is 14.3 Å². The molecule has 1 fully saturated rings. The number of rotatable bonds is 4. The summed E-state index contributed by atoms with van der Waals surface area (Å²) in [6.07, 6.45) is 1.84. The monoisotopic (exact) mass is 238 g/mol. The molecule has 4 nitrogen and oxygen atoms in total. The average Bonchev–Trinajstić information content (AvgIpc) is 3.09. The van der Waals surface area contributed by atoms with Crippen LogP contribution in [0.25, 0.3) is 0 Å². The molecule has 1 aliphatic rings. The fourth-order valence-corrected chi connectivity index (χ4v) is 1.80. The van der Waals surface area contributed by atoms with Gasteiger partial charge in [-0.05, 0) is 31.0 Å². The first-order valence-electron chi connectivity index (χ1n) is 5.60. The molecule has 1 aliphatic carbocycles. The Balaban J connectivity index is 2.22. The minimum atomic E-state index is -0.612. The highest BCUT2D eigenvalue weighted by Gasteiger charge is 2.33. The quantitative estimate of drug-likeness (QED) is 0.769. The van der Waals surface area contributed by atoms with Gasteiger partial charge in [0.05, 0.1) is 12.2 Å². The van der Waals surface area contributed by atoms with Gasteiger partial charge in [0.25, 0.3) is 5.91 Å². The van der Waals surface area contributed by atoms with E-state index in [0.29, 0.717) is 5.69 Å². The Kier molecular flexibility index (Phi) is 3.28. The van der Waals surface area contributed by atoms with Crippen LogP contribution in [0.2, 0.25) is 0 Å². The van der Waals surface area contributed by atoms with Crippen molar-refractivity contribution in [3.05, 3.63) is 29.6 Å². The van der Waals surface area contributed by atoms with Gasteiger partial charge in [-0.25, -0.2) is 4.39 Å². The van der Waals surface area contributed by atoms with Gasteiger partial charge in [0, 0.05) is 18.3 Å². The third-order valence-electron chi connectivity index (χ3n) is 2.81. The molecule has 0 aromatic heterocycles. The Morgan fingerprint density at radius 3 is 2.76 bits per heavy atom. The Labute approximate surface area is 98.8 Å². The van der Waals surface area contributed by atoms with Crippen molar-refractivity contribution in [3.8, 4) is 0 Å². The summed E-state index contributed by atoms with van der Waals surface area (Å²) in [7, 11) is 0. The summed E-state index contributed by atoms with van der Waals surface area (Å²) >= 11 is 0. The number of aliphatic hydroxyl groups excluding tert-OH is 1. The number of halogens is 1. The van der Waals surface area contributed by atoms with Gasteiger partial charge in [0.15, 0.2) is 0 Å². The first kappa shape index (κ1) is 11.9. The molecule has 1 aromatic rings. The number of carbonyl (C=O) groups is 1.